The molecule has 0 amide bonds. The van der Waals surface area contributed by atoms with Crippen LogP contribution in [-0.4, -0.2) is 18.7 Å². The molecule has 0 aromatic carbocycles. The molecule has 0 aliphatic carbocycles. The first-order valence-corrected chi connectivity index (χ1v) is 8.43. The molecule has 0 spiro atoms. The van der Waals surface area contributed by atoms with Gasteiger partial charge in [-0.3, -0.25) is 4.98 Å². The van der Waals surface area contributed by atoms with Gasteiger partial charge in [-0.05, 0) is 47.9 Å². The molecule has 0 aliphatic rings. The predicted octanol–water partition coefficient (Wildman–Crippen LogP) is 2.64. The van der Waals surface area contributed by atoms with E-state index in [1.807, 2.05) is 22.9 Å². The number of rotatable bonds is 5. The molecule has 0 saturated heterocycles. The molecule has 0 saturated carbocycles. The number of pyridine rings is 1. The second-order valence-electron chi connectivity index (χ2n) is 4.51. The Bertz CT molecular complexity index is 634. The molecule has 2 rings (SSSR count). The van der Waals surface area contributed by atoms with Crippen LogP contribution in [0.15, 0.2) is 35.3 Å². The average molecular weight is 296 g/mol. The van der Waals surface area contributed by atoms with E-state index in [2.05, 4.69) is 9.71 Å². The van der Waals surface area contributed by atoms with E-state index < -0.39 is 15.3 Å². The fourth-order valence-electron chi connectivity index (χ4n) is 1.52. The summed E-state index contributed by atoms with van der Waals surface area (Å²) in [6, 6.07) is 3.97. The third-order valence-corrected chi connectivity index (χ3v) is 5.22. The molecule has 2 heterocycles. The summed E-state index contributed by atoms with van der Waals surface area (Å²) in [4.78, 5) is 4.16. The molecule has 0 aliphatic heterocycles. The highest BCUT2D eigenvalue weighted by atomic mass is 32.2. The van der Waals surface area contributed by atoms with Crippen LogP contribution in [0, 0.1) is 0 Å². The second-order valence-corrected chi connectivity index (χ2v) is 7.61. The summed E-state index contributed by atoms with van der Waals surface area (Å²) in [7, 11) is -3.24. The lowest BCUT2D eigenvalue weighted by molar-refractivity contribution is 0.572. The lowest BCUT2D eigenvalue weighted by atomic mass is 10.1. The van der Waals surface area contributed by atoms with Crippen molar-refractivity contribution in [2.45, 2.75) is 25.6 Å². The topological polar surface area (TPSA) is 59.1 Å². The van der Waals surface area contributed by atoms with Gasteiger partial charge >= 0.3 is 0 Å². The van der Waals surface area contributed by atoms with E-state index in [1.165, 1.54) is 0 Å². The van der Waals surface area contributed by atoms with Crippen molar-refractivity contribution in [1.29, 1.82) is 0 Å². The van der Waals surface area contributed by atoms with Crippen molar-refractivity contribution < 1.29 is 8.42 Å². The van der Waals surface area contributed by atoms with Crippen LogP contribution in [0.25, 0.3) is 11.1 Å². The maximum Gasteiger partial charge on any atom is 0.214 e. The zero-order chi connectivity index (χ0) is 13.9. The molecule has 0 atom stereocenters. The third-order valence-electron chi connectivity index (χ3n) is 2.75. The summed E-state index contributed by atoms with van der Waals surface area (Å²) < 4.78 is 26.0. The molecule has 4 nitrogen and oxygen atoms in total. The minimum Gasteiger partial charge on any atom is -0.264 e. The minimum absolute atomic E-state index is 0.269. The van der Waals surface area contributed by atoms with Gasteiger partial charge in [0.15, 0.2) is 0 Å². The second kappa shape index (κ2) is 5.81. The number of thiophene rings is 1. The van der Waals surface area contributed by atoms with Crippen LogP contribution in [0.4, 0.5) is 0 Å². The monoisotopic (exact) mass is 296 g/mol. The smallest absolute Gasteiger partial charge is 0.214 e. The Hall–Kier alpha value is -1.24. The average Bonchev–Trinajstić information content (AvgIpc) is 2.90. The van der Waals surface area contributed by atoms with Crippen molar-refractivity contribution in [3.8, 4) is 11.1 Å². The summed E-state index contributed by atoms with van der Waals surface area (Å²) in [5, 5.41) is 3.61. The molecule has 2 aromatic rings. The van der Waals surface area contributed by atoms with Crippen LogP contribution in [0.5, 0.6) is 0 Å². The Labute approximate surface area is 117 Å². The van der Waals surface area contributed by atoms with Crippen LogP contribution >= 0.6 is 11.3 Å². The zero-order valence-corrected chi connectivity index (χ0v) is 12.5. The van der Waals surface area contributed by atoms with Crippen LogP contribution in [0.2, 0.25) is 0 Å². The normalized spacial score (nSPS) is 11.9. The van der Waals surface area contributed by atoms with E-state index in [9.17, 15) is 8.42 Å². The van der Waals surface area contributed by atoms with Crippen LogP contribution in [0.3, 0.4) is 0 Å². The molecule has 0 unspecified atom stereocenters. The van der Waals surface area contributed by atoms with E-state index in [-0.39, 0.29) is 6.54 Å². The van der Waals surface area contributed by atoms with Gasteiger partial charge in [0, 0.05) is 24.5 Å². The Morgan fingerprint density at radius 2 is 2.11 bits per heavy atom. The Morgan fingerprint density at radius 3 is 2.74 bits per heavy atom. The van der Waals surface area contributed by atoms with E-state index in [0.29, 0.717) is 0 Å². The van der Waals surface area contributed by atoms with Crippen LogP contribution in [-0.2, 0) is 16.6 Å². The Kier molecular flexibility index (Phi) is 4.34. The molecule has 2 aromatic heterocycles. The van der Waals surface area contributed by atoms with Gasteiger partial charge < -0.3 is 0 Å². The minimum atomic E-state index is -3.24. The zero-order valence-electron chi connectivity index (χ0n) is 10.8. The predicted molar refractivity (Wildman–Crippen MR) is 78.4 cm³/mol. The van der Waals surface area contributed by atoms with Gasteiger partial charge in [-0.2, -0.15) is 11.3 Å². The summed E-state index contributed by atoms with van der Waals surface area (Å²) in [6.45, 7) is 3.58. The van der Waals surface area contributed by atoms with Crippen molar-refractivity contribution in [2.24, 2.45) is 0 Å². The molecule has 19 heavy (non-hydrogen) atoms. The maximum absolute atomic E-state index is 11.7. The van der Waals surface area contributed by atoms with Gasteiger partial charge in [-0.25, -0.2) is 13.1 Å². The molecular weight excluding hydrogens is 280 g/mol. The van der Waals surface area contributed by atoms with E-state index in [4.69, 9.17) is 0 Å². The number of nitrogens with one attached hydrogen (secondary N) is 1. The molecule has 102 valence electrons. The van der Waals surface area contributed by atoms with Gasteiger partial charge in [0.1, 0.15) is 0 Å². The van der Waals surface area contributed by atoms with E-state index in [0.717, 1.165) is 16.7 Å². The fraction of sp³-hybridized carbons (Fsp3) is 0.308. The molecule has 1 N–H and O–H groups in total. The quantitative estimate of drug-likeness (QED) is 0.922. The van der Waals surface area contributed by atoms with E-state index >= 15 is 0 Å². The lowest BCUT2D eigenvalue weighted by Crippen LogP contribution is -2.30. The van der Waals surface area contributed by atoms with Gasteiger partial charge in [-0.15, -0.1) is 0 Å². The van der Waals surface area contributed by atoms with Crippen molar-refractivity contribution in [3.05, 3.63) is 40.8 Å². The highest BCUT2D eigenvalue weighted by molar-refractivity contribution is 7.90. The third kappa shape index (κ3) is 3.62. The van der Waals surface area contributed by atoms with Gasteiger partial charge in [-0.1, -0.05) is 0 Å². The highest BCUT2D eigenvalue weighted by Crippen LogP contribution is 2.21. The lowest BCUT2D eigenvalue weighted by Gasteiger charge is -2.09. The first-order valence-electron chi connectivity index (χ1n) is 5.94. The first kappa shape index (κ1) is 14.2. The Morgan fingerprint density at radius 1 is 1.32 bits per heavy atom. The largest absolute Gasteiger partial charge is 0.264 e. The maximum atomic E-state index is 11.7. The summed E-state index contributed by atoms with van der Waals surface area (Å²) in [5.74, 6) is 0. The molecule has 0 fully saturated rings. The molecular formula is C13H16N2O2S2. The number of hydrogen-bond donors (Lipinski definition) is 1. The van der Waals surface area contributed by atoms with Gasteiger partial charge in [0.25, 0.3) is 0 Å². The SMILES string of the molecule is CC(C)S(=O)(=O)NCc1cncc(-c2ccsc2)c1. The summed E-state index contributed by atoms with van der Waals surface area (Å²) in [6.07, 6.45) is 3.46. The van der Waals surface area contributed by atoms with Crippen LogP contribution in [0.1, 0.15) is 19.4 Å². The van der Waals surface area contributed by atoms with Crippen molar-refractivity contribution in [3.63, 3.8) is 0 Å². The first-order chi connectivity index (χ1) is 8.99. The van der Waals surface area contributed by atoms with Crippen molar-refractivity contribution in [1.82, 2.24) is 9.71 Å². The Balaban J connectivity index is 2.13. The number of sulfonamides is 1. The highest BCUT2D eigenvalue weighted by Gasteiger charge is 2.14. The number of aromatic nitrogens is 1. The molecule has 6 heteroatoms. The van der Waals surface area contributed by atoms with Crippen LogP contribution < -0.4 is 4.72 Å². The number of nitrogens with zero attached hydrogens (tertiary/aromatic N) is 1. The molecule has 0 bridgehead atoms. The van der Waals surface area contributed by atoms with Crippen molar-refractivity contribution >= 4 is 21.4 Å². The standard InChI is InChI=1S/C13H16N2O2S2/c1-10(2)19(16,17)15-7-11-5-13(8-14-6-11)12-3-4-18-9-12/h3-6,8-10,15H,7H2,1-2H3. The molecule has 0 radical (unpaired) electrons. The summed E-state index contributed by atoms with van der Waals surface area (Å²) >= 11 is 1.62. The van der Waals surface area contributed by atoms with E-state index in [1.54, 1.807) is 37.6 Å². The summed E-state index contributed by atoms with van der Waals surface area (Å²) in [5.41, 5.74) is 2.96. The van der Waals surface area contributed by atoms with Gasteiger partial charge in [0.05, 0.1) is 5.25 Å². The fourth-order valence-corrected chi connectivity index (χ4v) is 2.89. The number of hydrogen-bond acceptors (Lipinski definition) is 4. The van der Waals surface area contributed by atoms with Crippen molar-refractivity contribution in [2.75, 3.05) is 0 Å². The van der Waals surface area contributed by atoms with Gasteiger partial charge in [0.2, 0.25) is 10.0 Å².